The molecule has 0 unspecified atom stereocenters. The average molecular weight is 419 g/mol. The van der Waals surface area contributed by atoms with Crippen molar-refractivity contribution in [2.45, 2.75) is 30.6 Å². The summed E-state index contributed by atoms with van der Waals surface area (Å²) in [6.45, 7) is 0.929. The van der Waals surface area contributed by atoms with Crippen molar-refractivity contribution in [3.63, 3.8) is 0 Å². The monoisotopic (exact) mass is 419 g/mol. The molecule has 8 heteroatoms. The number of methoxy groups -OCH3 is 2. The lowest BCUT2D eigenvalue weighted by atomic mass is 10.2. The Morgan fingerprint density at radius 2 is 1.48 bits per heavy atom. The van der Waals surface area contributed by atoms with Crippen molar-refractivity contribution < 1.29 is 27.4 Å². The van der Waals surface area contributed by atoms with E-state index in [2.05, 4.69) is 0 Å². The molecule has 1 saturated heterocycles. The average Bonchev–Trinajstić information content (AvgIpc) is 3.04. The molecule has 3 rings (SSSR count). The van der Waals surface area contributed by atoms with Crippen LogP contribution in [0, 0.1) is 0 Å². The van der Waals surface area contributed by atoms with Crippen molar-refractivity contribution in [1.82, 2.24) is 4.31 Å². The maximum Gasteiger partial charge on any atom is 0.343 e. The van der Waals surface area contributed by atoms with Crippen molar-refractivity contribution in [2.75, 3.05) is 27.3 Å². The van der Waals surface area contributed by atoms with Crippen molar-refractivity contribution in [3.05, 3.63) is 48.0 Å². The van der Waals surface area contributed by atoms with Gasteiger partial charge in [0.2, 0.25) is 10.0 Å². The van der Waals surface area contributed by atoms with Crippen LogP contribution < -0.4 is 14.2 Å². The molecule has 0 saturated carbocycles. The lowest BCUT2D eigenvalue weighted by molar-refractivity contribution is 0.0734. The summed E-state index contributed by atoms with van der Waals surface area (Å²) in [5.41, 5.74) is 0.134. The van der Waals surface area contributed by atoms with E-state index in [0.717, 1.165) is 25.7 Å². The van der Waals surface area contributed by atoms with Crippen LogP contribution in [0.3, 0.4) is 0 Å². The molecule has 2 aromatic rings. The van der Waals surface area contributed by atoms with E-state index in [9.17, 15) is 13.2 Å². The predicted octanol–water partition coefficient (Wildman–Crippen LogP) is 3.49. The molecule has 156 valence electrons. The molecule has 0 N–H and O–H groups in total. The standard InChI is InChI=1S/C21H25NO6S/c1-26-17-8-10-18(11-9-17)28-21(23)16-7-12-19(27-2)20(15-16)29(24,25)22-13-5-3-4-6-14-22/h7-12,15H,3-6,13-14H2,1-2H3. The Bertz CT molecular complexity index is 948. The summed E-state index contributed by atoms with van der Waals surface area (Å²) < 4.78 is 43.6. The predicted molar refractivity (Wildman–Crippen MR) is 108 cm³/mol. The van der Waals surface area contributed by atoms with Crippen LogP contribution in [-0.2, 0) is 10.0 Å². The van der Waals surface area contributed by atoms with Gasteiger partial charge in [0.1, 0.15) is 22.1 Å². The van der Waals surface area contributed by atoms with Crippen LogP contribution >= 0.6 is 0 Å². The smallest absolute Gasteiger partial charge is 0.343 e. The zero-order chi connectivity index (χ0) is 20.9. The number of benzene rings is 2. The van der Waals surface area contributed by atoms with Gasteiger partial charge in [-0.1, -0.05) is 12.8 Å². The van der Waals surface area contributed by atoms with E-state index >= 15 is 0 Å². The first-order valence-corrected chi connectivity index (χ1v) is 10.9. The number of hydrogen-bond donors (Lipinski definition) is 0. The maximum absolute atomic E-state index is 13.2. The van der Waals surface area contributed by atoms with E-state index in [1.54, 1.807) is 31.4 Å². The topological polar surface area (TPSA) is 82.1 Å². The minimum atomic E-state index is -3.78. The second-order valence-corrected chi connectivity index (χ2v) is 8.66. The Balaban J connectivity index is 1.88. The highest BCUT2D eigenvalue weighted by Crippen LogP contribution is 2.30. The van der Waals surface area contributed by atoms with E-state index in [-0.39, 0.29) is 16.2 Å². The molecule has 1 aliphatic rings. The van der Waals surface area contributed by atoms with Gasteiger partial charge in [0, 0.05) is 13.1 Å². The van der Waals surface area contributed by atoms with Crippen LogP contribution in [0.15, 0.2) is 47.4 Å². The number of carbonyl (C=O) groups is 1. The number of carbonyl (C=O) groups excluding carboxylic acids is 1. The Kier molecular flexibility index (Phi) is 6.76. The van der Waals surface area contributed by atoms with Gasteiger partial charge in [0.15, 0.2) is 0 Å². The van der Waals surface area contributed by atoms with E-state index < -0.39 is 16.0 Å². The van der Waals surface area contributed by atoms with Crippen molar-refractivity contribution in [2.24, 2.45) is 0 Å². The summed E-state index contributed by atoms with van der Waals surface area (Å²) in [6.07, 6.45) is 3.66. The minimum Gasteiger partial charge on any atom is -0.497 e. The van der Waals surface area contributed by atoms with Crippen molar-refractivity contribution in [1.29, 1.82) is 0 Å². The molecule has 0 bridgehead atoms. The van der Waals surface area contributed by atoms with Crippen LogP contribution in [0.1, 0.15) is 36.0 Å². The molecule has 0 aromatic heterocycles. The summed E-state index contributed by atoms with van der Waals surface area (Å²) in [5.74, 6) is 0.531. The molecule has 1 aliphatic heterocycles. The van der Waals surface area contributed by atoms with E-state index in [1.165, 1.54) is 29.6 Å². The first-order chi connectivity index (χ1) is 14.0. The molecule has 0 radical (unpaired) electrons. The molecular weight excluding hydrogens is 394 g/mol. The number of rotatable bonds is 6. The first-order valence-electron chi connectivity index (χ1n) is 9.50. The van der Waals surface area contributed by atoms with Crippen LogP contribution in [0.25, 0.3) is 0 Å². The highest BCUT2D eigenvalue weighted by atomic mass is 32.2. The number of ether oxygens (including phenoxy) is 3. The van der Waals surface area contributed by atoms with Gasteiger partial charge in [0.05, 0.1) is 19.8 Å². The molecule has 0 aliphatic carbocycles. The number of sulfonamides is 1. The third-order valence-electron chi connectivity index (χ3n) is 4.85. The molecule has 1 fully saturated rings. The zero-order valence-corrected chi connectivity index (χ0v) is 17.4. The summed E-state index contributed by atoms with van der Waals surface area (Å²) in [4.78, 5) is 12.6. The van der Waals surface area contributed by atoms with Crippen LogP contribution in [0.4, 0.5) is 0 Å². The van der Waals surface area contributed by atoms with Crippen molar-refractivity contribution in [3.8, 4) is 17.2 Å². The van der Waals surface area contributed by atoms with Crippen LogP contribution in [0.2, 0.25) is 0 Å². The molecule has 2 aromatic carbocycles. The molecule has 0 atom stereocenters. The highest BCUT2D eigenvalue weighted by molar-refractivity contribution is 7.89. The van der Waals surface area contributed by atoms with Gasteiger partial charge < -0.3 is 14.2 Å². The maximum atomic E-state index is 13.2. The number of hydrogen-bond acceptors (Lipinski definition) is 6. The molecule has 29 heavy (non-hydrogen) atoms. The highest BCUT2D eigenvalue weighted by Gasteiger charge is 2.29. The summed E-state index contributed by atoms with van der Waals surface area (Å²) in [6, 6.07) is 10.9. The SMILES string of the molecule is COc1ccc(OC(=O)c2ccc(OC)c(S(=O)(=O)N3CCCCCC3)c2)cc1. The van der Waals surface area contributed by atoms with Crippen molar-refractivity contribution >= 4 is 16.0 Å². The van der Waals surface area contributed by atoms with E-state index in [1.807, 2.05) is 0 Å². The van der Waals surface area contributed by atoms with E-state index in [0.29, 0.717) is 24.6 Å². The van der Waals surface area contributed by atoms with Gasteiger partial charge in [-0.2, -0.15) is 4.31 Å². The first kappa shape index (κ1) is 21.1. The Morgan fingerprint density at radius 3 is 2.07 bits per heavy atom. The third kappa shape index (κ3) is 4.89. The van der Waals surface area contributed by atoms with Gasteiger partial charge >= 0.3 is 5.97 Å². The Labute approximate surface area is 171 Å². The van der Waals surface area contributed by atoms with Gasteiger partial charge in [-0.05, 0) is 55.3 Å². The zero-order valence-electron chi connectivity index (χ0n) is 16.6. The molecule has 0 spiro atoms. The van der Waals surface area contributed by atoms with Gasteiger partial charge in [-0.15, -0.1) is 0 Å². The largest absolute Gasteiger partial charge is 0.497 e. The number of esters is 1. The Hall–Kier alpha value is -2.58. The minimum absolute atomic E-state index is 0.0221. The molecular formula is C21H25NO6S. The van der Waals surface area contributed by atoms with Crippen LogP contribution in [0.5, 0.6) is 17.2 Å². The van der Waals surface area contributed by atoms with Crippen LogP contribution in [-0.4, -0.2) is 46.0 Å². The second kappa shape index (κ2) is 9.28. The molecule has 0 amide bonds. The summed E-state index contributed by atoms with van der Waals surface area (Å²) in [7, 11) is -0.827. The molecule has 7 nitrogen and oxygen atoms in total. The second-order valence-electron chi connectivity index (χ2n) is 6.75. The van der Waals surface area contributed by atoms with E-state index in [4.69, 9.17) is 14.2 Å². The fraction of sp³-hybridized carbons (Fsp3) is 0.381. The fourth-order valence-electron chi connectivity index (χ4n) is 3.24. The lowest BCUT2D eigenvalue weighted by Crippen LogP contribution is -2.32. The lowest BCUT2D eigenvalue weighted by Gasteiger charge is -2.21. The third-order valence-corrected chi connectivity index (χ3v) is 6.77. The summed E-state index contributed by atoms with van der Waals surface area (Å²) in [5, 5.41) is 0. The number of nitrogens with zero attached hydrogens (tertiary/aromatic N) is 1. The summed E-state index contributed by atoms with van der Waals surface area (Å²) >= 11 is 0. The quantitative estimate of drug-likeness (QED) is 0.527. The molecule has 1 heterocycles. The van der Waals surface area contributed by atoms with Gasteiger partial charge in [0.25, 0.3) is 0 Å². The fourth-order valence-corrected chi connectivity index (χ4v) is 4.93. The van der Waals surface area contributed by atoms with Gasteiger partial charge in [-0.3, -0.25) is 0 Å². The van der Waals surface area contributed by atoms with Gasteiger partial charge in [-0.25, -0.2) is 13.2 Å². The Morgan fingerprint density at radius 1 is 0.862 bits per heavy atom. The normalized spacial score (nSPS) is 15.4.